The number of benzene rings is 1. The number of carbonyl (C=O) groups is 1. The van der Waals surface area contributed by atoms with E-state index in [1.165, 1.54) is 6.07 Å². The maximum Gasteiger partial charge on any atom is 0.237 e. The molecule has 1 aliphatic carbocycles. The van der Waals surface area contributed by atoms with E-state index in [0.717, 1.165) is 44.7 Å². The third-order valence-electron chi connectivity index (χ3n) is 6.39. The van der Waals surface area contributed by atoms with Gasteiger partial charge in [-0.3, -0.25) is 4.79 Å². The molecule has 0 aromatic heterocycles. The normalized spacial score (nSPS) is 25.3. The molecule has 1 amide bonds. The van der Waals surface area contributed by atoms with Crippen LogP contribution in [0, 0.1) is 24.5 Å². The number of rotatable bonds is 6. The lowest BCUT2D eigenvalue weighted by Gasteiger charge is -2.36. The van der Waals surface area contributed by atoms with Crippen LogP contribution in [0.4, 0.5) is 8.78 Å². The summed E-state index contributed by atoms with van der Waals surface area (Å²) in [4.78, 5) is 11.9. The van der Waals surface area contributed by atoms with Crippen molar-refractivity contribution in [1.82, 2.24) is 5.32 Å². The minimum Gasteiger partial charge on any atom is -0.381 e. The van der Waals surface area contributed by atoms with Gasteiger partial charge in [0, 0.05) is 19.3 Å². The largest absolute Gasteiger partial charge is 0.381 e. The number of primary amides is 1. The number of halogens is 2. The average molecular weight is 380 g/mol. The van der Waals surface area contributed by atoms with E-state index in [4.69, 9.17) is 10.5 Å². The number of aryl methyl sites for hydroxylation is 1. The second-order valence-corrected chi connectivity index (χ2v) is 8.11. The molecule has 1 aromatic rings. The number of amides is 1. The monoisotopic (exact) mass is 380 g/mol. The maximum atomic E-state index is 14.2. The number of ether oxygens (including phenoxy) is 1. The van der Waals surface area contributed by atoms with E-state index >= 15 is 0 Å². The molecule has 1 aliphatic heterocycles. The molecule has 0 bridgehead atoms. The number of carbonyl (C=O) groups excluding carboxylic acids is 1. The summed E-state index contributed by atoms with van der Waals surface area (Å²) in [5, 5.41) is 3.39. The van der Waals surface area contributed by atoms with Crippen molar-refractivity contribution in [2.75, 3.05) is 19.8 Å². The van der Waals surface area contributed by atoms with Crippen LogP contribution in [0.1, 0.15) is 62.0 Å². The summed E-state index contributed by atoms with van der Waals surface area (Å²) in [6.07, 6.45) is 6.11. The SMILES string of the molecule is Cc1cc(F)cc(F)c1[C@H]1CC[C@@H](CCNC2(C(N)=O)CCOCC2)CC1. The van der Waals surface area contributed by atoms with Gasteiger partial charge in [-0.2, -0.15) is 0 Å². The molecule has 27 heavy (non-hydrogen) atoms. The Kier molecular flexibility index (Phi) is 6.48. The average Bonchev–Trinajstić information content (AvgIpc) is 2.63. The molecular formula is C21H30F2N2O2. The highest BCUT2D eigenvalue weighted by atomic mass is 19.1. The molecule has 2 aliphatic rings. The minimum atomic E-state index is -0.635. The molecule has 150 valence electrons. The molecule has 1 aromatic carbocycles. The lowest BCUT2D eigenvalue weighted by molar-refractivity contribution is -0.128. The van der Waals surface area contributed by atoms with Gasteiger partial charge >= 0.3 is 0 Å². The third kappa shape index (κ3) is 4.66. The summed E-state index contributed by atoms with van der Waals surface area (Å²) in [6.45, 7) is 3.66. The second kappa shape index (κ2) is 8.65. The van der Waals surface area contributed by atoms with E-state index in [9.17, 15) is 13.6 Å². The zero-order valence-electron chi connectivity index (χ0n) is 16.0. The molecule has 1 saturated carbocycles. The zero-order valence-corrected chi connectivity index (χ0v) is 16.0. The Bertz CT molecular complexity index is 643. The Labute approximate surface area is 159 Å². The molecule has 1 saturated heterocycles. The standard InChI is InChI=1S/C21H30F2N2O2/c1-14-12-17(22)13-18(23)19(14)16-4-2-15(3-5-16)6-9-25-21(20(24)26)7-10-27-11-8-21/h12-13,15-16,25H,2-11H2,1H3,(H2,24,26)/t15-,16+. The number of hydrogen-bond donors (Lipinski definition) is 2. The lowest BCUT2D eigenvalue weighted by Crippen LogP contribution is -2.58. The summed E-state index contributed by atoms with van der Waals surface area (Å²) >= 11 is 0. The van der Waals surface area contributed by atoms with Gasteiger partial charge in [-0.05, 0) is 87.4 Å². The molecule has 3 rings (SSSR count). The zero-order chi connectivity index (χ0) is 19.4. The van der Waals surface area contributed by atoms with Gasteiger partial charge in [0.25, 0.3) is 0 Å². The van der Waals surface area contributed by atoms with Gasteiger partial charge < -0.3 is 15.8 Å². The first kappa shape index (κ1) is 20.2. The lowest BCUT2D eigenvalue weighted by atomic mass is 9.76. The van der Waals surface area contributed by atoms with E-state index < -0.39 is 17.2 Å². The van der Waals surface area contributed by atoms with Crippen molar-refractivity contribution in [2.45, 2.75) is 63.3 Å². The fraction of sp³-hybridized carbons (Fsp3) is 0.667. The Morgan fingerprint density at radius 2 is 1.89 bits per heavy atom. The number of nitrogens with one attached hydrogen (secondary N) is 1. The first-order valence-corrected chi connectivity index (χ1v) is 9.99. The number of hydrogen-bond acceptors (Lipinski definition) is 3. The third-order valence-corrected chi connectivity index (χ3v) is 6.39. The van der Waals surface area contributed by atoms with Crippen LogP contribution in [0.3, 0.4) is 0 Å². The van der Waals surface area contributed by atoms with Gasteiger partial charge in [0.05, 0.1) is 0 Å². The molecule has 0 atom stereocenters. The van der Waals surface area contributed by atoms with Crippen LogP contribution >= 0.6 is 0 Å². The predicted molar refractivity (Wildman–Crippen MR) is 100 cm³/mol. The summed E-state index contributed by atoms with van der Waals surface area (Å²) in [5.41, 5.74) is 6.38. The van der Waals surface area contributed by atoms with Crippen molar-refractivity contribution in [3.63, 3.8) is 0 Å². The Morgan fingerprint density at radius 1 is 1.22 bits per heavy atom. The van der Waals surface area contributed by atoms with Crippen molar-refractivity contribution in [3.8, 4) is 0 Å². The summed E-state index contributed by atoms with van der Waals surface area (Å²) in [7, 11) is 0. The number of nitrogens with two attached hydrogens (primary N) is 1. The van der Waals surface area contributed by atoms with Gasteiger partial charge in [0.2, 0.25) is 5.91 Å². The predicted octanol–water partition coefficient (Wildman–Crippen LogP) is 3.56. The fourth-order valence-electron chi connectivity index (χ4n) is 4.72. The van der Waals surface area contributed by atoms with Crippen molar-refractivity contribution in [3.05, 3.63) is 34.9 Å². The van der Waals surface area contributed by atoms with Crippen molar-refractivity contribution >= 4 is 5.91 Å². The van der Waals surface area contributed by atoms with E-state index in [-0.39, 0.29) is 11.8 Å². The van der Waals surface area contributed by atoms with Gasteiger partial charge in [-0.15, -0.1) is 0 Å². The van der Waals surface area contributed by atoms with Gasteiger partial charge in [-0.1, -0.05) is 0 Å². The van der Waals surface area contributed by atoms with Crippen molar-refractivity contribution < 1.29 is 18.3 Å². The van der Waals surface area contributed by atoms with Crippen LogP contribution in [-0.4, -0.2) is 31.2 Å². The van der Waals surface area contributed by atoms with Gasteiger partial charge in [0.15, 0.2) is 0 Å². The van der Waals surface area contributed by atoms with Crippen LogP contribution in [0.15, 0.2) is 12.1 Å². The van der Waals surface area contributed by atoms with E-state index in [1.807, 2.05) is 0 Å². The minimum absolute atomic E-state index is 0.169. The molecule has 0 unspecified atom stereocenters. The summed E-state index contributed by atoms with van der Waals surface area (Å²) in [5.74, 6) is -0.494. The smallest absolute Gasteiger partial charge is 0.237 e. The molecule has 0 radical (unpaired) electrons. The first-order chi connectivity index (χ1) is 12.9. The van der Waals surface area contributed by atoms with Crippen LogP contribution in [0.5, 0.6) is 0 Å². The quantitative estimate of drug-likeness (QED) is 0.793. The molecule has 2 fully saturated rings. The summed E-state index contributed by atoms with van der Waals surface area (Å²) in [6, 6.07) is 2.42. The molecule has 6 heteroatoms. The Balaban J connectivity index is 1.49. The van der Waals surface area contributed by atoms with Crippen LogP contribution in [0.25, 0.3) is 0 Å². The highest BCUT2D eigenvalue weighted by Gasteiger charge is 2.38. The topological polar surface area (TPSA) is 64.3 Å². The highest BCUT2D eigenvalue weighted by molar-refractivity contribution is 5.84. The molecule has 4 nitrogen and oxygen atoms in total. The van der Waals surface area contributed by atoms with E-state index in [0.29, 0.717) is 43.1 Å². The van der Waals surface area contributed by atoms with Crippen LogP contribution < -0.4 is 11.1 Å². The van der Waals surface area contributed by atoms with E-state index in [2.05, 4.69) is 5.32 Å². The molecule has 3 N–H and O–H groups in total. The first-order valence-electron chi connectivity index (χ1n) is 9.99. The van der Waals surface area contributed by atoms with Crippen LogP contribution in [0.2, 0.25) is 0 Å². The van der Waals surface area contributed by atoms with Gasteiger partial charge in [-0.25, -0.2) is 8.78 Å². The molecule has 0 spiro atoms. The van der Waals surface area contributed by atoms with Gasteiger partial charge in [0.1, 0.15) is 17.2 Å². The molecular weight excluding hydrogens is 350 g/mol. The Hall–Kier alpha value is -1.53. The summed E-state index contributed by atoms with van der Waals surface area (Å²) < 4.78 is 32.9. The highest BCUT2D eigenvalue weighted by Crippen LogP contribution is 2.39. The second-order valence-electron chi connectivity index (χ2n) is 8.11. The van der Waals surface area contributed by atoms with E-state index in [1.54, 1.807) is 6.92 Å². The Morgan fingerprint density at radius 3 is 2.48 bits per heavy atom. The fourth-order valence-corrected chi connectivity index (χ4v) is 4.72. The van der Waals surface area contributed by atoms with Crippen LogP contribution in [-0.2, 0) is 9.53 Å². The van der Waals surface area contributed by atoms with Crippen molar-refractivity contribution in [2.24, 2.45) is 11.7 Å². The van der Waals surface area contributed by atoms with Crippen molar-refractivity contribution in [1.29, 1.82) is 0 Å². The maximum absolute atomic E-state index is 14.2. The molecule has 1 heterocycles.